The van der Waals surface area contributed by atoms with E-state index < -0.39 is 55.6 Å². The standard InChI is InChI=1S/C22H32N3O8P/c1-11(2)8-16(25-34(32)22(31)19(27)18(26)12(3)33-34)20(28)24-17(21(29)30)9-13-10-23-15-7-5-4-6-14(13)15/h4-7,10-12,16-19,22-23,26-27,31H,8-9H2,1-3H3,(H,24,28)(H,25,32)(H,29,30)/t12-,16-,17-,18-,19+,22-,34?/m0/s1. The highest BCUT2D eigenvalue weighted by Gasteiger charge is 2.51. The van der Waals surface area contributed by atoms with E-state index in [-0.39, 0.29) is 18.8 Å². The molecule has 1 aliphatic heterocycles. The molecule has 1 aliphatic rings. The normalized spacial score (nSPS) is 29.1. The molecule has 1 unspecified atom stereocenters. The molecule has 11 nitrogen and oxygen atoms in total. The molecule has 1 amide bonds. The number of aliphatic hydroxyl groups excluding tert-OH is 3. The van der Waals surface area contributed by atoms with Crippen LogP contribution in [0.1, 0.15) is 32.8 Å². The first-order valence-corrected chi connectivity index (χ1v) is 12.8. The van der Waals surface area contributed by atoms with Crippen LogP contribution >= 0.6 is 7.52 Å². The predicted molar refractivity (Wildman–Crippen MR) is 124 cm³/mol. The van der Waals surface area contributed by atoms with Crippen molar-refractivity contribution in [1.82, 2.24) is 15.4 Å². The van der Waals surface area contributed by atoms with Crippen molar-refractivity contribution < 1.29 is 39.1 Å². The number of rotatable bonds is 9. The van der Waals surface area contributed by atoms with Gasteiger partial charge in [0.25, 0.3) is 0 Å². The van der Waals surface area contributed by atoms with Gasteiger partial charge < -0.3 is 35.3 Å². The summed E-state index contributed by atoms with van der Waals surface area (Å²) >= 11 is 0. The Kier molecular flexibility index (Phi) is 8.18. The van der Waals surface area contributed by atoms with Crippen LogP contribution in [-0.2, 0) is 25.1 Å². The number of aromatic nitrogens is 1. The van der Waals surface area contributed by atoms with Crippen molar-refractivity contribution in [2.75, 3.05) is 0 Å². The smallest absolute Gasteiger partial charge is 0.326 e. The molecule has 7 atom stereocenters. The molecule has 1 aromatic heterocycles. The number of carboxylic acids is 1. The fourth-order valence-electron chi connectivity index (χ4n) is 4.03. The van der Waals surface area contributed by atoms with Crippen molar-refractivity contribution in [2.24, 2.45) is 5.92 Å². The van der Waals surface area contributed by atoms with Crippen molar-refractivity contribution in [3.8, 4) is 0 Å². The summed E-state index contributed by atoms with van der Waals surface area (Å²) in [6.45, 7) is 5.02. The maximum Gasteiger partial charge on any atom is 0.326 e. The van der Waals surface area contributed by atoms with E-state index in [1.165, 1.54) is 6.92 Å². The lowest BCUT2D eigenvalue weighted by Crippen LogP contribution is -2.55. The van der Waals surface area contributed by atoms with Crippen molar-refractivity contribution in [2.45, 2.75) is 69.9 Å². The number of amides is 1. The summed E-state index contributed by atoms with van der Waals surface area (Å²) < 4.78 is 18.6. The second kappa shape index (κ2) is 10.6. The molecular weight excluding hydrogens is 465 g/mol. The molecular formula is C22H32N3O8P. The van der Waals surface area contributed by atoms with Gasteiger partial charge in [0.15, 0.2) is 5.85 Å². The van der Waals surface area contributed by atoms with E-state index in [4.69, 9.17) is 4.52 Å². The molecule has 3 rings (SSSR count). The van der Waals surface area contributed by atoms with Crippen LogP contribution in [0.5, 0.6) is 0 Å². The molecule has 2 heterocycles. The fourth-order valence-corrected chi connectivity index (χ4v) is 6.23. The van der Waals surface area contributed by atoms with Crippen LogP contribution in [0.15, 0.2) is 30.5 Å². The maximum absolute atomic E-state index is 13.3. The number of aromatic amines is 1. The van der Waals surface area contributed by atoms with E-state index in [0.717, 1.165) is 10.9 Å². The second-order valence-electron chi connectivity index (χ2n) is 9.08. The number of carboxylic acid groups (broad SMARTS) is 1. The molecule has 7 N–H and O–H groups in total. The molecule has 12 heteroatoms. The van der Waals surface area contributed by atoms with Gasteiger partial charge in [-0.2, -0.15) is 0 Å². The Balaban J connectivity index is 1.79. The summed E-state index contributed by atoms with van der Waals surface area (Å²) in [6, 6.07) is 4.93. The number of para-hydroxylation sites is 1. The van der Waals surface area contributed by atoms with Crippen LogP contribution in [0.25, 0.3) is 10.9 Å². The molecule has 1 aromatic carbocycles. The Labute approximate surface area is 197 Å². The van der Waals surface area contributed by atoms with E-state index >= 15 is 0 Å². The number of hydrogen-bond acceptors (Lipinski definition) is 7. The van der Waals surface area contributed by atoms with Gasteiger partial charge in [0, 0.05) is 23.5 Å². The van der Waals surface area contributed by atoms with Crippen LogP contribution in [0, 0.1) is 5.92 Å². The van der Waals surface area contributed by atoms with Crippen LogP contribution in [0.3, 0.4) is 0 Å². The average Bonchev–Trinajstić information content (AvgIpc) is 3.18. The summed E-state index contributed by atoms with van der Waals surface area (Å²) in [7, 11) is -4.19. The summed E-state index contributed by atoms with van der Waals surface area (Å²) in [5, 5.41) is 45.8. The third-order valence-corrected chi connectivity index (χ3v) is 8.20. The largest absolute Gasteiger partial charge is 0.480 e. The first-order chi connectivity index (χ1) is 15.9. The Morgan fingerprint density at radius 3 is 2.47 bits per heavy atom. The summed E-state index contributed by atoms with van der Waals surface area (Å²) in [6.07, 6.45) is -2.40. The number of benzene rings is 1. The number of carbonyl (C=O) groups excluding carboxylic acids is 1. The van der Waals surface area contributed by atoms with Crippen LogP contribution in [0.2, 0.25) is 0 Å². The maximum atomic E-state index is 13.3. The topological polar surface area (TPSA) is 181 Å². The molecule has 0 aliphatic carbocycles. The third-order valence-electron chi connectivity index (χ3n) is 5.88. The number of aliphatic hydroxyl groups is 3. The number of fused-ring (bicyclic) bond motifs is 1. The highest BCUT2D eigenvalue weighted by atomic mass is 31.2. The Bertz CT molecular complexity index is 1070. The number of nitrogens with one attached hydrogen (secondary N) is 3. The minimum Gasteiger partial charge on any atom is -0.480 e. The van der Waals surface area contributed by atoms with E-state index in [1.807, 2.05) is 38.1 Å². The van der Waals surface area contributed by atoms with E-state index in [9.17, 15) is 34.6 Å². The molecule has 2 aromatic rings. The molecule has 1 saturated heterocycles. The van der Waals surface area contributed by atoms with Gasteiger partial charge in [-0.1, -0.05) is 32.0 Å². The van der Waals surface area contributed by atoms with Gasteiger partial charge in [-0.3, -0.25) is 9.36 Å². The molecule has 1 fully saturated rings. The fraction of sp³-hybridized carbons (Fsp3) is 0.545. The molecule has 0 spiro atoms. The molecule has 0 saturated carbocycles. The predicted octanol–water partition coefficient (Wildman–Crippen LogP) is 0.936. The first kappa shape index (κ1) is 26.3. The zero-order valence-corrected chi connectivity index (χ0v) is 20.1. The lowest BCUT2D eigenvalue weighted by Gasteiger charge is -2.40. The second-order valence-corrected chi connectivity index (χ2v) is 11.3. The van der Waals surface area contributed by atoms with Gasteiger partial charge in [0.2, 0.25) is 5.91 Å². The van der Waals surface area contributed by atoms with Crippen LogP contribution in [-0.4, -0.2) is 73.5 Å². The Morgan fingerprint density at radius 2 is 1.82 bits per heavy atom. The molecule has 0 radical (unpaired) electrons. The van der Waals surface area contributed by atoms with Crippen molar-refractivity contribution in [3.05, 3.63) is 36.0 Å². The molecule has 0 bridgehead atoms. The minimum absolute atomic E-state index is 0.0121. The van der Waals surface area contributed by atoms with Gasteiger partial charge in [0.05, 0.1) is 12.1 Å². The monoisotopic (exact) mass is 497 g/mol. The third kappa shape index (κ3) is 5.68. The lowest BCUT2D eigenvalue weighted by molar-refractivity contribution is -0.142. The van der Waals surface area contributed by atoms with Crippen LogP contribution in [0.4, 0.5) is 0 Å². The number of aliphatic carboxylic acids is 1. The average molecular weight is 497 g/mol. The SMILES string of the molecule is CC(C)C[C@H](NP1(=O)O[C@@H](C)[C@H](O)[C@@H](O)[C@H]1O)C(=O)N[C@@H](Cc1c[nH]c2ccccc12)C(=O)O. The molecule has 34 heavy (non-hydrogen) atoms. The minimum atomic E-state index is -4.19. The quantitative estimate of drug-likeness (QED) is 0.248. The van der Waals surface area contributed by atoms with Crippen molar-refractivity contribution >= 4 is 30.3 Å². The van der Waals surface area contributed by atoms with Gasteiger partial charge in [0.1, 0.15) is 18.2 Å². The highest BCUT2D eigenvalue weighted by Crippen LogP contribution is 2.54. The van der Waals surface area contributed by atoms with E-state index in [0.29, 0.717) is 5.56 Å². The van der Waals surface area contributed by atoms with Crippen molar-refractivity contribution in [3.63, 3.8) is 0 Å². The lowest BCUT2D eigenvalue weighted by atomic mass is 10.0. The van der Waals surface area contributed by atoms with Gasteiger partial charge >= 0.3 is 13.5 Å². The summed E-state index contributed by atoms with van der Waals surface area (Å²) in [5.74, 6) is -4.00. The Hall–Kier alpha value is -2.27. The van der Waals surface area contributed by atoms with Gasteiger partial charge in [-0.15, -0.1) is 0 Å². The van der Waals surface area contributed by atoms with Crippen molar-refractivity contribution in [1.29, 1.82) is 0 Å². The number of hydrogen-bond donors (Lipinski definition) is 7. The zero-order valence-electron chi connectivity index (χ0n) is 19.2. The van der Waals surface area contributed by atoms with Gasteiger partial charge in [-0.25, -0.2) is 9.88 Å². The van der Waals surface area contributed by atoms with Crippen LogP contribution < -0.4 is 10.4 Å². The zero-order chi connectivity index (χ0) is 25.2. The van der Waals surface area contributed by atoms with E-state index in [2.05, 4.69) is 15.4 Å². The highest BCUT2D eigenvalue weighted by molar-refractivity contribution is 7.57. The number of H-pyrrole nitrogens is 1. The Morgan fingerprint density at radius 1 is 1.15 bits per heavy atom. The van der Waals surface area contributed by atoms with E-state index in [1.54, 1.807) is 6.20 Å². The molecule has 188 valence electrons. The number of carbonyl (C=O) groups is 2. The van der Waals surface area contributed by atoms with Gasteiger partial charge in [-0.05, 0) is 30.9 Å². The summed E-state index contributed by atoms with van der Waals surface area (Å²) in [4.78, 5) is 28.1. The first-order valence-electron chi connectivity index (χ1n) is 11.1. The summed E-state index contributed by atoms with van der Waals surface area (Å²) in [5.41, 5.74) is 1.55.